The summed E-state index contributed by atoms with van der Waals surface area (Å²) >= 11 is 6.28. The molecule has 0 bridgehead atoms. The quantitative estimate of drug-likeness (QED) is 0.727. The van der Waals surface area contributed by atoms with Crippen molar-refractivity contribution in [1.82, 2.24) is 4.57 Å². The third-order valence-corrected chi connectivity index (χ3v) is 5.64. The maximum atomic E-state index is 13.1. The van der Waals surface area contributed by atoms with Crippen molar-refractivity contribution in [3.63, 3.8) is 0 Å². The molecule has 3 aromatic rings. The first-order valence-corrected chi connectivity index (χ1v) is 9.26. The van der Waals surface area contributed by atoms with Gasteiger partial charge in [0.25, 0.3) is 5.56 Å². The molecule has 5 heteroatoms. The molecule has 142 valence electrons. The number of pyridine rings is 1. The second-order valence-corrected chi connectivity index (χ2v) is 7.31. The predicted molar refractivity (Wildman–Crippen MR) is 111 cm³/mol. The third-order valence-electron chi connectivity index (χ3n) is 5.41. The number of halogens is 1. The monoisotopic (exact) mass is 385 g/mol. The molecule has 0 spiro atoms. The van der Waals surface area contributed by atoms with Crippen LogP contribution >= 0.6 is 11.6 Å². The van der Waals surface area contributed by atoms with E-state index in [-0.39, 0.29) is 18.6 Å². The summed E-state index contributed by atoms with van der Waals surface area (Å²) < 4.78 is 7.24. The van der Waals surface area contributed by atoms with Crippen LogP contribution in [0.4, 0.5) is 0 Å². The Morgan fingerprint density at radius 3 is 2.48 bits per heavy atom. The van der Waals surface area contributed by atoms with Gasteiger partial charge in [-0.15, -0.1) is 0 Å². The fourth-order valence-corrected chi connectivity index (χ4v) is 3.90. The average molecular weight is 386 g/mol. The number of fused-ring (bicyclic) bond motifs is 1. The molecule has 1 heterocycles. The van der Waals surface area contributed by atoms with Gasteiger partial charge < -0.3 is 14.4 Å². The van der Waals surface area contributed by atoms with E-state index in [4.69, 9.17) is 16.3 Å². The van der Waals surface area contributed by atoms with E-state index in [2.05, 4.69) is 13.8 Å². The molecule has 0 unspecified atom stereocenters. The van der Waals surface area contributed by atoms with Crippen LogP contribution in [0.15, 0.2) is 29.1 Å². The summed E-state index contributed by atoms with van der Waals surface area (Å²) in [6.07, 6.45) is 0.264. The second kappa shape index (κ2) is 7.37. The van der Waals surface area contributed by atoms with Crippen molar-refractivity contribution in [2.75, 3.05) is 13.7 Å². The molecule has 0 fully saturated rings. The van der Waals surface area contributed by atoms with Crippen molar-refractivity contribution in [3.05, 3.63) is 61.9 Å². The Kier molecular flexibility index (Phi) is 5.31. The Balaban J connectivity index is 2.63. The number of aliphatic hydroxyl groups excluding tert-OH is 1. The van der Waals surface area contributed by atoms with Crippen LogP contribution in [0.2, 0.25) is 5.02 Å². The van der Waals surface area contributed by atoms with Gasteiger partial charge in [-0.2, -0.15) is 0 Å². The average Bonchev–Trinajstić information content (AvgIpc) is 2.65. The van der Waals surface area contributed by atoms with E-state index >= 15 is 0 Å². The van der Waals surface area contributed by atoms with Crippen LogP contribution in [0.25, 0.3) is 22.0 Å². The van der Waals surface area contributed by atoms with Gasteiger partial charge in [-0.1, -0.05) is 11.6 Å². The Bertz CT molecular complexity index is 1100. The molecular weight excluding hydrogens is 362 g/mol. The highest BCUT2D eigenvalue weighted by atomic mass is 35.5. The van der Waals surface area contributed by atoms with Crippen molar-refractivity contribution in [2.45, 2.75) is 27.2 Å². The number of benzene rings is 2. The molecule has 1 N–H and O–H groups in total. The molecule has 0 aliphatic rings. The first-order chi connectivity index (χ1) is 12.8. The molecule has 0 saturated heterocycles. The number of nitrogens with zero attached hydrogens (tertiary/aromatic N) is 1. The molecule has 3 rings (SSSR count). The fourth-order valence-electron chi connectivity index (χ4n) is 3.73. The van der Waals surface area contributed by atoms with Crippen molar-refractivity contribution in [1.29, 1.82) is 0 Å². The first-order valence-electron chi connectivity index (χ1n) is 8.89. The van der Waals surface area contributed by atoms with Gasteiger partial charge in [-0.25, -0.2) is 0 Å². The number of hydrogen-bond acceptors (Lipinski definition) is 3. The molecule has 0 atom stereocenters. The van der Waals surface area contributed by atoms with E-state index in [0.717, 1.165) is 33.2 Å². The Morgan fingerprint density at radius 2 is 1.85 bits per heavy atom. The van der Waals surface area contributed by atoms with Gasteiger partial charge in [-0.3, -0.25) is 4.79 Å². The van der Waals surface area contributed by atoms with Crippen LogP contribution in [0.1, 0.15) is 22.3 Å². The summed E-state index contributed by atoms with van der Waals surface area (Å²) in [5.74, 6) is 0.644. The van der Waals surface area contributed by atoms with E-state index in [1.807, 2.05) is 19.1 Å². The maximum Gasteiger partial charge on any atom is 0.254 e. The molecule has 0 amide bonds. The third kappa shape index (κ3) is 3.13. The van der Waals surface area contributed by atoms with Crippen LogP contribution in [0.3, 0.4) is 0 Å². The van der Waals surface area contributed by atoms with E-state index in [9.17, 15) is 9.90 Å². The Labute approximate surface area is 164 Å². The molecular formula is C22H24ClNO3. The zero-order valence-corrected chi connectivity index (χ0v) is 17.1. The summed E-state index contributed by atoms with van der Waals surface area (Å²) in [7, 11) is 3.38. The molecule has 0 aliphatic heterocycles. The van der Waals surface area contributed by atoms with Crippen molar-refractivity contribution >= 4 is 22.5 Å². The lowest BCUT2D eigenvalue weighted by atomic mass is 9.89. The van der Waals surface area contributed by atoms with Crippen LogP contribution in [0, 0.1) is 20.8 Å². The van der Waals surface area contributed by atoms with Gasteiger partial charge in [0, 0.05) is 47.2 Å². The number of rotatable bonds is 4. The van der Waals surface area contributed by atoms with E-state index in [1.54, 1.807) is 30.9 Å². The number of methoxy groups -OCH3 is 1. The summed E-state index contributed by atoms with van der Waals surface area (Å²) in [6.45, 7) is 6.09. The minimum Gasteiger partial charge on any atom is -0.496 e. The lowest BCUT2D eigenvalue weighted by Crippen LogP contribution is -2.24. The van der Waals surface area contributed by atoms with Gasteiger partial charge in [-0.05, 0) is 61.7 Å². The molecule has 1 aromatic heterocycles. The van der Waals surface area contributed by atoms with Gasteiger partial charge in [0.2, 0.25) is 0 Å². The number of hydrogen-bond donors (Lipinski definition) is 1. The highest BCUT2D eigenvalue weighted by Crippen LogP contribution is 2.40. The van der Waals surface area contributed by atoms with Crippen molar-refractivity contribution < 1.29 is 9.84 Å². The zero-order chi connectivity index (χ0) is 19.9. The zero-order valence-electron chi connectivity index (χ0n) is 16.3. The summed E-state index contributed by atoms with van der Waals surface area (Å²) in [5.41, 5.74) is 6.30. The molecule has 0 saturated carbocycles. The molecule has 2 aromatic carbocycles. The number of aryl methyl sites for hydroxylation is 3. The molecule has 0 radical (unpaired) electrons. The summed E-state index contributed by atoms with van der Waals surface area (Å²) in [5, 5.41) is 11.2. The van der Waals surface area contributed by atoms with Crippen LogP contribution in [-0.4, -0.2) is 23.4 Å². The molecule has 27 heavy (non-hydrogen) atoms. The Hall–Kier alpha value is -2.30. The number of aliphatic hydroxyl groups is 1. The predicted octanol–water partition coefficient (Wildman–Crippen LogP) is 4.33. The van der Waals surface area contributed by atoms with Gasteiger partial charge in [0.1, 0.15) is 5.75 Å². The molecule has 4 nitrogen and oxygen atoms in total. The van der Waals surface area contributed by atoms with Crippen molar-refractivity contribution in [2.24, 2.45) is 7.05 Å². The summed E-state index contributed by atoms with van der Waals surface area (Å²) in [4.78, 5) is 13.1. The highest BCUT2D eigenvalue weighted by molar-refractivity contribution is 6.31. The summed E-state index contributed by atoms with van der Waals surface area (Å²) in [6, 6.07) is 7.44. The highest BCUT2D eigenvalue weighted by Gasteiger charge is 2.22. The lowest BCUT2D eigenvalue weighted by molar-refractivity contribution is 0.299. The largest absolute Gasteiger partial charge is 0.496 e. The second-order valence-electron chi connectivity index (χ2n) is 6.87. The van der Waals surface area contributed by atoms with Crippen LogP contribution < -0.4 is 10.3 Å². The van der Waals surface area contributed by atoms with Gasteiger partial charge in [0.05, 0.1) is 12.6 Å². The van der Waals surface area contributed by atoms with Crippen molar-refractivity contribution in [3.8, 4) is 16.9 Å². The van der Waals surface area contributed by atoms with Gasteiger partial charge in [0.15, 0.2) is 0 Å². The maximum absolute atomic E-state index is 13.1. The van der Waals surface area contributed by atoms with Crippen LogP contribution in [-0.2, 0) is 13.5 Å². The topological polar surface area (TPSA) is 51.5 Å². The normalized spacial score (nSPS) is 11.2. The fraction of sp³-hybridized carbons (Fsp3) is 0.318. The molecule has 0 aliphatic carbocycles. The minimum atomic E-state index is -0.115. The smallest absolute Gasteiger partial charge is 0.254 e. The minimum absolute atomic E-state index is 0.111. The SMILES string of the molecule is COc1ccc(Cl)cc1-c1c(CCO)c(=O)n(C)c2cc(C)c(C)c(C)c12. The standard InChI is InChI=1S/C22H24ClNO3/c1-12-10-18-20(14(3)13(12)2)21(16(8-9-25)22(26)24(18)4)17-11-15(23)6-7-19(17)27-5/h6-7,10-11,25H,8-9H2,1-5H3. The van der Waals surface area contributed by atoms with E-state index in [1.165, 1.54) is 5.56 Å². The van der Waals surface area contributed by atoms with E-state index in [0.29, 0.717) is 16.3 Å². The van der Waals surface area contributed by atoms with Gasteiger partial charge >= 0.3 is 0 Å². The first kappa shape index (κ1) is 19.5. The van der Waals surface area contributed by atoms with E-state index < -0.39 is 0 Å². The number of aromatic nitrogens is 1. The lowest BCUT2D eigenvalue weighted by Gasteiger charge is -2.21. The number of ether oxygens (including phenoxy) is 1. The Morgan fingerprint density at radius 1 is 1.15 bits per heavy atom. The van der Waals surface area contributed by atoms with Crippen LogP contribution in [0.5, 0.6) is 5.75 Å².